The highest BCUT2D eigenvalue weighted by molar-refractivity contribution is 14.0. The highest BCUT2D eigenvalue weighted by Gasteiger charge is 2.33. The van der Waals surface area contributed by atoms with Crippen molar-refractivity contribution >= 4 is 29.9 Å². The van der Waals surface area contributed by atoms with Crippen LogP contribution in [0.2, 0.25) is 0 Å². The second kappa shape index (κ2) is 9.07. The monoisotopic (exact) mass is 394 g/mol. The van der Waals surface area contributed by atoms with E-state index in [0.29, 0.717) is 6.04 Å². The summed E-state index contributed by atoms with van der Waals surface area (Å²) in [6, 6.07) is 0.651. The van der Waals surface area contributed by atoms with E-state index in [-0.39, 0.29) is 24.0 Å². The van der Waals surface area contributed by atoms with Crippen LogP contribution in [0.1, 0.15) is 39.5 Å². The number of likely N-dealkylation sites (tertiary alicyclic amines) is 1. The number of hydrogen-bond donors (Lipinski definition) is 2. The number of aliphatic imine (C=N–C) groups is 1. The van der Waals surface area contributed by atoms with Crippen molar-refractivity contribution in [2.45, 2.75) is 45.6 Å². The summed E-state index contributed by atoms with van der Waals surface area (Å²) >= 11 is 0. The van der Waals surface area contributed by atoms with E-state index in [2.05, 4.69) is 34.4 Å². The Morgan fingerprint density at radius 3 is 2.45 bits per heavy atom. The molecule has 0 aromatic carbocycles. The lowest BCUT2D eigenvalue weighted by atomic mass is 9.97. The highest BCUT2D eigenvalue weighted by Crippen LogP contribution is 2.28. The lowest BCUT2D eigenvalue weighted by Gasteiger charge is -2.32. The van der Waals surface area contributed by atoms with Crippen molar-refractivity contribution < 1.29 is 0 Å². The van der Waals surface area contributed by atoms with Crippen LogP contribution in [0, 0.1) is 11.8 Å². The van der Waals surface area contributed by atoms with E-state index in [1.165, 1.54) is 45.3 Å². The molecule has 1 aliphatic heterocycles. The van der Waals surface area contributed by atoms with Crippen LogP contribution in [0.15, 0.2) is 4.99 Å². The van der Waals surface area contributed by atoms with Crippen molar-refractivity contribution in [1.82, 2.24) is 15.5 Å². The van der Waals surface area contributed by atoms with Crippen LogP contribution in [-0.4, -0.2) is 50.1 Å². The van der Waals surface area contributed by atoms with Crippen molar-refractivity contribution in [3.05, 3.63) is 0 Å². The normalized spacial score (nSPS) is 27.9. The fourth-order valence-electron chi connectivity index (χ4n) is 2.86. The molecule has 2 N–H and O–H groups in total. The Labute approximate surface area is 141 Å². The summed E-state index contributed by atoms with van der Waals surface area (Å²) in [6.07, 6.45) is 5.21. The van der Waals surface area contributed by atoms with Gasteiger partial charge in [-0.15, -0.1) is 24.0 Å². The first-order valence-corrected chi connectivity index (χ1v) is 7.92. The van der Waals surface area contributed by atoms with E-state index in [1.807, 2.05) is 7.05 Å². The standard InChI is InChI=1S/C15H30N4.HI/c1-4-7-19-8-5-13(6-9-19)11-17-15(16-3)18-14-10-12(14)2;/h12-14H,4-11H2,1-3H3,(H2,16,17,18);1H. The van der Waals surface area contributed by atoms with Crippen LogP contribution in [-0.2, 0) is 0 Å². The molecule has 0 aromatic rings. The minimum Gasteiger partial charge on any atom is -0.356 e. The molecule has 1 heterocycles. The SMILES string of the molecule is CCCN1CCC(CNC(=NC)NC2CC2C)CC1.I. The van der Waals surface area contributed by atoms with Gasteiger partial charge in [0.1, 0.15) is 0 Å². The molecular formula is C15H31IN4. The summed E-state index contributed by atoms with van der Waals surface area (Å²) in [7, 11) is 1.87. The van der Waals surface area contributed by atoms with Crippen LogP contribution >= 0.6 is 24.0 Å². The molecule has 1 saturated heterocycles. The second-order valence-electron chi connectivity index (χ2n) is 6.20. The van der Waals surface area contributed by atoms with Gasteiger partial charge in [-0.1, -0.05) is 13.8 Å². The lowest BCUT2D eigenvalue weighted by Crippen LogP contribution is -2.43. The third-order valence-electron chi connectivity index (χ3n) is 4.46. The highest BCUT2D eigenvalue weighted by atomic mass is 127. The molecule has 5 heteroatoms. The van der Waals surface area contributed by atoms with E-state index in [0.717, 1.165) is 24.3 Å². The third-order valence-corrected chi connectivity index (χ3v) is 4.46. The molecule has 118 valence electrons. The Balaban J connectivity index is 0.00000200. The Hall–Kier alpha value is -0.0400. The van der Waals surface area contributed by atoms with Gasteiger partial charge < -0.3 is 15.5 Å². The molecule has 2 aliphatic rings. The summed E-state index contributed by atoms with van der Waals surface area (Å²) in [6.45, 7) is 9.43. The summed E-state index contributed by atoms with van der Waals surface area (Å²) in [4.78, 5) is 6.91. The molecule has 20 heavy (non-hydrogen) atoms. The van der Waals surface area contributed by atoms with Crippen molar-refractivity contribution in [2.24, 2.45) is 16.8 Å². The van der Waals surface area contributed by atoms with Crippen molar-refractivity contribution in [2.75, 3.05) is 33.2 Å². The molecule has 0 aromatic heterocycles. The molecule has 2 fully saturated rings. The largest absolute Gasteiger partial charge is 0.356 e. The Morgan fingerprint density at radius 2 is 1.95 bits per heavy atom. The molecule has 1 aliphatic carbocycles. The maximum atomic E-state index is 4.32. The number of rotatable bonds is 5. The number of hydrogen-bond acceptors (Lipinski definition) is 2. The van der Waals surface area contributed by atoms with Crippen LogP contribution in [0.5, 0.6) is 0 Å². The van der Waals surface area contributed by atoms with Gasteiger partial charge >= 0.3 is 0 Å². The minimum absolute atomic E-state index is 0. The average molecular weight is 394 g/mol. The van der Waals surface area contributed by atoms with Gasteiger partial charge in [0.05, 0.1) is 0 Å². The molecule has 2 atom stereocenters. The first-order chi connectivity index (χ1) is 9.22. The maximum Gasteiger partial charge on any atom is 0.191 e. The molecule has 0 bridgehead atoms. The lowest BCUT2D eigenvalue weighted by molar-refractivity contribution is 0.185. The quantitative estimate of drug-likeness (QED) is 0.427. The summed E-state index contributed by atoms with van der Waals surface area (Å²) in [5.41, 5.74) is 0. The third kappa shape index (κ3) is 5.76. The first-order valence-electron chi connectivity index (χ1n) is 7.92. The van der Waals surface area contributed by atoms with Gasteiger partial charge in [0.25, 0.3) is 0 Å². The zero-order valence-electron chi connectivity index (χ0n) is 13.2. The summed E-state index contributed by atoms with van der Waals surface area (Å²) in [5, 5.41) is 6.99. The fraction of sp³-hybridized carbons (Fsp3) is 0.933. The molecule has 4 nitrogen and oxygen atoms in total. The van der Waals surface area contributed by atoms with Crippen LogP contribution in [0.3, 0.4) is 0 Å². The summed E-state index contributed by atoms with van der Waals surface area (Å²) in [5.74, 6) is 2.62. The zero-order chi connectivity index (χ0) is 13.7. The second-order valence-corrected chi connectivity index (χ2v) is 6.20. The first kappa shape index (κ1) is 18.0. The van der Waals surface area contributed by atoms with Gasteiger partial charge in [-0.25, -0.2) is 0 Å². The molecular weight excluding hydrogens is 363 g/mol. The van der Waals surface area contributed by atoms with Gasteiger partial charge in [0, 0.05) is 19.6 Å². The molecule has 2 unspecified atom stereocenters. The molecule has 2 rings (SSSR count). The number of halogens is 1. The van der Waals surface area contributed by atoms with Crippen LogP contribution < -0.4 is 10.6 Å². The van der Waals surface area contributed by atoms with Crippen molar-refractivity contribution in [3.63, 3.8) is 0 Å². The Morgan fingerprint density at radius 1 is 1.30 bits per heavy atom. The van der Waals surface area contributed by atoms with Gasteiger partial charge in [-0.2, -0.15) is 0 Å². The molecule has 0 spiro atoms. The van der Waals surface area contributed by atoms with E-state index < -0.39 is 0 Å². The molecule has 0 amide bonds. The van der Waals surface area contributed by atoms with E-state index in [9.17, 15) is 0 Å². The molecule has 1 saturated carbocycles. The predicted molar refractivity (Wildman–Crippen MR) is 96.9 cm³/mol. The smallest absolute Gasteiger partial charge is 0.191 e. The van der Waals surface area contributed by atoms with Gasteiger partial charge in [0.15, 0.2) is 5.96 Å². The van der Waals surface area contributed by atoms with E-state index in [1.54, 1.807) is 0 Å². The van der Waals surface area contributed by atoms with Crippen LogP contribution in [0.4, 0.5) is 0 Å². The van der Waals surface area contributed by atoms with E-state index >= 15 is 0 Å². The Kier molecular flexibility index (Phi) is 8.17. The summed E-state index contributed by atoms with van der Waals surface area (Å²) < 4.78 is 0. The average Bonchev–Trinajstić information content (AvgIpc) is 3.12. The van der Waals surface area contributed by atoms with Gasteiger partial charge in [-0.3, -0.25) is 4.99 Å². The number of guanidine groups is 1. The fourth-order valence-corrected chi connectivity index (χ4v) is 2.86. The Bertz CT molecular complexity index is 300. The maximum absolute atomic E-state index is 4.32. The number of nitrogens with zero attached hydrogens (tertiary/aromatic N) is 2. The van der Waals surface area contributed by atoms with Gasteiger partial charge in [0.2, 0.25) is 0 Å². The minimum atomic E-state index is 0. The van der Waals surface area contributed by atoms with Crippen LogP contribution in [0.25, 0.3) is 0 Å². The number of nitrogens with one attached hydrogen (secondary N) is 2. The van der Waals surface area contributed by atoms with E-state index in [4.69, 9.17) is 0 Å². The van der Waals surface area contributed by atoms with Crippen molar-refractivity contribution in [1.29, 1.82) is 0 Å². The van der Waals surface area contributed by atoms with Crippen molar-refractivity contribution in [3.8, 4) is 0 Å². The topological polar surface area (TPSA) is 39.7 Å². The molecule has 0 radical (unpaired) electrons. The zero-order valence-corrected chi connectivity index (χ0v) is 15.5. The van der Waals surface area contributed by atoms with Gasteiger partial charge in [-0.05, 0) is 57.2 Å². The predicted octanol–water partition coefficient (Wildman–Crippen LogP) is 2.30. The number of piperidine rings is 1.